The van der Waals surface area contributed by atoms with Crippen molar-refractivity contribution in [2.24, 2.45) is 0 Å². The third-order valence-electron chi connectivity index (χ3n) is 4.29. The van der Waals surface area contributed by atoms with E-state index in [4.69, 9.17) is 9.47 Å². The van der Waals surface area contributed by atoms with Crippen molar-refractivity contribution in [1.29, 1.82) is 0 Å². The number of hydrogen-bond acceptors (Lipinski definition) is 6. The molecule has 0 aliphatic carbocycles. The van der Waals surface area contributed by atoms with Crippen LogP contribution in [0.5, 0.6) is 5.75 Å². The SMILES string of the molecule is C[C@@H]1CCN(C(=O)COC(=O)COc2ccccc2C=O)c2ccccc2S1. The van der Waals surface area contributed by atoms with Gasteiger partial charge < -0.3 is 14.4 Å². The number of fused-ring (bicyclic) bond motifs is 1. The van der Waals surface area contributed by atoms with Gasteiger partial charge in [0, 0.05) is 16.7 Å². The molecule has 1 atom stereocenters. The van der Waals surface area contributed by atoms with Gasteiger partial charge in [-0.05, 0) is 30.7 Å². The summed E-state index contributed by atoms with van der Waals surface area (Å²) in [5, 5.41) is 0.396. The Morgan fingerprint density at radius 3 is 2.71 bits per heavy atom. The van der Waals surface area contributed by atoms with Crippen molar-refractivity contribution in [3.63, 3.8) is 0 Å². The lowest BCUT2D eigenvalue weighted by Gasteiger charge is -2.22. The van der Waals surface area contributed by atoms with Gasteiger partial charge >= 0.3 is 5.97 Å². The normalized spacial score (nSPS) is 15.9. The topological polar surface area (TPSA) is 72.9 Å². The smallest absolute Gasteiger partial charge is 0.344 e. The Morgan fingerprint density at radius 2 is 1.89 bits per heavy atom. The molecule has 0 spiro atoms. The molecule has 0 radical (unpaired) electrons. The van der Waals surface area contributed by atoms with Crippen LogP contribution in [0.2, 0.25) is 0 Å². The van der Waals surface area contributed by atoms with Crippen molar-refractivity contribution in [3.05, 3.63) is 54.1 Å². The Labute approximate surface area is 167 Å². The number of anilines is 1. The lowest BCUT2D eigenvalue weighted by molar-refractivity contribution is -0.149. The third kappa shape index (κ3) is 4.92. The Bertz CT molecular complexity index is 869. The van der Waals surface area contributed by atoms with Gasteiger partial charge in [-0.1, -0.05) is 31.2 Å². The molecule has 0 N–H and O–H groups in total. The minimum atomic E-state index is -0.667. The molecule has 0 aromatic heterocycles. The van der Waals surface area contributed by atoms with Crippen LogP contribution in [-0.4, -0.2) is 43.2 Å². The molecular weight excluding hydrogens is 378 g/mol. The molecule has 2 aromatic rings. The number of ether oxygens (including phenoxy) is 2. The van der Waals surface area contributed by atoms with E-state index in [9.17, 15) is 14.4 Å². The van der Waals surface area contributed by atoms with Crippen molar-refractivity contribution in [1.82, 2.24) is 0 Å². The summed E-state index contributed by atoms with van der Waals surface area (Å²) in [6.07, 6.45) is 1.50. The molecule has 146 valence electrons. The highest BCUT2D eigenvalue weighted by molar-refractivity contribution is 8.00. The largest absolute Gasteiger partial charge is 0.481 e. The van der Waals surface area contributed by atoms with Crippen molar-refractivity contribution >= 4 is 35.6 Å². The predicted molar refractivity (Wildman–Crippen MR) is 107 cm³/mol. The fourth-order valence-corrected chi connectivity index (χ4v) is 3.97. The minimum Gasteiger partial charge on any atom is -0.481 e. The van der Waals surface area contributed by atoms with Crippen LogP contribution in [0.1, 0.15) is 23.7 Å². The van der Waals surface area contributed by atoms with Gasteiger partial charge in [0.2, 0.25) is 0 Å². The number of thioether (sulfide) groups is 1. The number of para-hydroxylation sites is 2. The van der Waals surface area contributed by atoms with E-state index in [1.807, 2.05) is 24.3 Å². The highest BCUT2D eigenvalue weighted by atomic mass is 32.2. The van der Waals surface area contributed by atoms with Crippen molar-refractivity contribution in [3.8, 4) is 5.75 Å². The molecule has 0 fully saturated rings. The first-order valence-electron chi connectivity index (χ1n) is 8.97. The number of carbonyl (C=O) groups excluding carboxylic acids is 3. The van der Waals surface area contributed by atoms with Crippen molar-refractivity contribution < 1.29 is 23.9 Å². The van der Waals surface area contributed by atoms with E-state index in [1.165, 1.54) is 0 Å². The molecular formula is C21H21NO5S. The van der Waals surface area contributed by atoms with Crippen LogP contribution >= 0.6 is 11.8 Å². The van der Waals surface area contributed by atoms with Crippen LogP contribution in [0.15, 0.2) is 53.4 Å². The molecule has 0 saturated carbocycles. The molecule has 28 heavy (non-hydrogen) atoms. The van der Waals surface area contributed by atoms with Gasteiger partial charge in [-0.25, -0.2) is 4.79 Å². The molecule has 1 aliphatic heterocycles. The summed E-state index contributed by atoms with van der Waals surface area (Å²) < 4.78 is 10.4. The number of esters is 1. The second kappa shape index (κ2) is 9.41. The van der Waals surface area contributed by atoms with Gasteiger partial charge in [0.15, 0.2) is 19.5 Å². The molecule has 7 heteroatoms. The summed E-state index contributed by atoms with van der Waals surface area (Å²) in [5.41, 5.74) is 1.19. The molecule has 1 amide bonds. The fourth-order valence-electron chi connectivity index (χ4n) is 2.85. The summed E-state index contributed by atoms with van der Waals surface area (Å²) in [4.78, 5) is 38.3. The summed E-state index contributed by atoms with van der Waals surface area (Å²) in [6.45, 7) is 1.97. The van der Waals surface area contributed by atoms with Gasteiger partial charge in [0.05, 0.1) is 11.3 Å². The monoisotopic (exact) mass is 399 g/mol. The van der Waals surface area contributed by atoms with Gasteiger partial charge in [-0.15, -0.1) is 11.8 Å². The highest BCUT2D eigenvalue weighted by Crippen LogP contribution is 2.37. The summed E-state index contributed by atoms with van der Waals surface area (Å²) in [5.74, 6) is -0.642. The standard InChI is InChI=1S/C21H21NO5S/c1-15-10-11-22(17-7-3-5-9-19(17)28-15)20(24)13-27-21(25)14-26-18-8-4-2-6-16(18)12-23/h2-9,12,15H,10-11,13-14H2,1H3/t15-/m1/s1. The number of hydrogen-bond donors (Lipinski definition) is 0. The average molecular weight is 399 g/mol. The van der Waals surface area contributed by atoms with Gasteiger partial charge in [0.25, 0.3) is 5.91 Å². The molecule has 2 aromatic carbocycles. The Hall–Kier alpha value is -2.80. The fraction of sp³-hybridized carbons (Fsp3) is 0.286. The second-order valence-corrected chi connectivity index (χ2v) is 7.82. The van der Waals surface area contributed by atoms with Gasteiger partial charge in [-0.2, -0.15) is 0 Å². The first-order chi connectivity index (χ1) is 13.6. The molecule has 0 unspecified atom stereocenters. The first kappa shape index (κ1) is 19.9. The first-order valence-corrected chi connectivity index (χ1v) is 9.85. The number of carbonyl (C=O) groups is 3. The lowest BCUT2D eigenvalue weighted by atomic mass is 10.2. The zero-order chi connectivity index (χ0) is 19.9. The second-order valence-electron chi connectivity index (χ2n) is 6.34. The van der Waals surface area contributed by atoms with Crippen LogP contribution in [-0.2, 0) is 14.3 Å². The number of nitrogens with zero attached hydrogens (tertiary/aromatic N) is 1. The van der Waals surface area contributed by atoms with Gasteiger partial charge in [-0.3, -0.25) is 9.59 Å². The quantitative estimate of drug-likeness (QED) is 0.548. The van der Waals surface area contributed by atoms with Crippen molar-refractivity contribution in [2.45, 2.75) is 23.5 Å². The molecule has 3 rings (SSSR count). The van der Waals surface area contributed by atoms with E-state index in [1.54, 1.807) is 40.9 Å². The summed E-state index contributed by atoms with van der Waals surface area (Å²) >= 11 is 1.74. The maximum absolute atomic E-state index is 12.7. The number of benzene rings is 2. The average Bonchev–Trinajstić information content (AvgIpc) is 2.88. The van der Waals surface area contributed by atoms with Crippen LogP contribution in [0, 0.1) is 0 Å². The molecule has 1 heterocycles. The molecule has 6 nitrogen and oxygen atoms in total. The lowest BCUT2D eigenvalue weighted by Crippen LogP contribution is -2.36. The summed E-state index contributed by atoms with van der Waals surface area (Å²) in [6, 6.07) is 14.3. The van der Waals surface area contributed by atoms with E-state index < -0.39 is 5.97 Å². The molecule has 1 aliphatic rings. The van der Waals surface area contributed by atoms with E-state index in [0.717, 1.165) is 17.0 Å². The van der Waals surface area contributed by atoms with Crippen LogP contribution in [0.3, 0.4) is 0 Å². The predicted octanol–water partition coefficient (Wildman–Crippen LogP) is 3.34. The summed E-state index contributed by atoms with van der Waals surface area (Å²) in [7, 11) is 0. The zero-order valence-electron chi connectivity index (χ0n) is 15.5. The Kier molecular flexibility index (Phi) is 6.71. The van der Waals surface area contributed by atoms with E-state index in [2.05, 4.69) is 6.92 Å². The van der Waals surface area contributed by atoms with Crippen LogP contribution in [0.4, 0.5) is 5.69 Å². The van der Waals surface area contributed by atoms with E-state index in [0.29, 0.717) is 29.4 Å². The maximum atomic E-state index is 12.7. The van der Waals surface area contributed by atoms with E-state index in [-0.39, 0.29) is 19.1 Å². The maximum Gasteiger partial charge on any atom is 0.344 e. The Balaban J connectivity index is 1.56. The number of rotatable bonds is 6. The minimum absolute atomic E-state index is 0.274. The van der Waals surface area contributed by atoms with E-state index >= 15 is 0 Å². The Morgan fingerprint density at radius 1 is 1.14 bits per heavy atom. The molecule has 0 saturated heterocycles. The third-order valence-corrected chi connectivity index (χ3v) is 5.53. The highest BCUT2D eigenvalue weighted by Gasteiger charge is 2.24. The van der Waals surface area contributed by atoms with Gasteiger partial charge in [0.1, 0.15) is 5.75 Å². The number of aldehydes is 1. The molecule has 0 bridgehead atoms. The zero-order valence-corrected chi connectivity index (χ0v) is 16.3. The van der Waals surface area contributed by atoms with Crippen LogP contribution < -0.4 is 9.64 Å². The number of amides is 1. The van der Waals surface area contributed by atoms with Crippen molar-refractivity contribution in [2.75, 3.05) is 24.7 Å². The van der Waals surface area contributed by atoms with Crippen LogP contribution in [0.25, 0.3) is 0 Å².